The summed E-state index contributed by atoms with van der Waals surface area (Å²) in [5, 5.41) is 0. The second-order valence-electron chi connectivity index (χ2n) is 4.96. The molecule has 1 saturated carbocycles. The first kappa shape index (κ1) is 13.2. The second-order valence-corrected chi connectivity index (χ2v) is 4.96. The number of rotatable bonds is 3. The van der Waals surface area contributed by atoms with Gasteiger partial charge in [0, 0.05) is 12.6 Å². The number of hydrogen-bond donors (Lipinski definition) is 1. The van der Waals surface area contributed by atoms with Gasteiger partial charge < -0.3 is 5.73 Å². The van der Waals surface area contributed by atoms with Gasteiger partial charge in [0.05, 0.1) is 0 Å². The molecule has 3 heteroatoms. The van der Waals surface area contributed by atoms with Gasteiger partial charge in [-0.15, -0.1) is 0 Å². The molecule has 0 bridgehead atoms. The van der Waals surface area contributed by atoms with Gasteiger partial charge in [0.15, 0.2) is 0 Å². The van der Waals surface area contributed by atoms with Crippen molar-refractivity contribution in [3.8, 4) is 0 Å². The third-order valence-corrected chi connectivity index (χ3v) is 3.60. The largest absolute Gasteiger partial charge is 0.327 e. The standard InChI is InChI=1S/C15H19F2N/c16-14-7-11(8-15(17)9-14)6-13(10-18)12-4-2-1-3-5-12/h6-9,12H,1-5,10,18H2/b13-6-. The minimum absolute atomic E-state index is 0.461. The van der Waals surface area contributed by atoms with E-state index in [1.54, 1.807) is 0 Å². The molecule has 1 fully saturated rings. The molecule has 98 valence electrons. The van der Waals surface area contributed by atoms with Crippen molar-refractivity contribution in [2.75, 3.05) is 6.54 Å². The molecular weight excluding hydrogens is 232 g/mol. The summed E-state index contributed by atoms with van der Waals surface area (Å²) in [6, 6.07) is 3.59. The summed E-state index contributed by atoms with van der Waals surface area (Å²) in [5.41, 5.74) is 7.45. The predicted octanol–water partition coefficient (Wildman–Crippen LogP) is 3.89. The van der Waals surface area contributed by atoms with Gasteiger partial charge in [-0.3, -0.25) is 0 Å². The van der Waals surface area contributed by atoms with Gasteiger partial charge in [0.25, 0.3) is 0 Å². The number of halogens is 2. The van der Waals surface area contributed by atoms with Crippen LogP contribution in [-0.2, 0) is 0 Å². The van der Waals surface area contributed by atoms with Crippen LogP contribution in [0, 0.1) is 17.6 Å². The molecule has 18 heavy (non-hydrogen) atoms. The van der Waals surface area contributed by atoms with Crippen molar-refractivity contribution in [1.29, 1.82) is 0 Å². The molecule has 1 aromatic rings. The molecule has 0 atom stereocenters. The van der Waals surface area contributed by atoms with Crippen molar-refractivity contribution in [3.05, 3.63) is 41.0 Å². The normalized spacial score (nSPS) is 18.1. The summed E-state index contributed by atoms with van der Waals surface area (Å²) < 4.78 is 26.2. The molecule has 2 rings (SSSR count). The van der Waals surface area contributed by atoms with Gasteiger partial charge >= 0.3 is 0 Å². The molecule has 1 aliphatic carbocycles. The zero-order valence-electron chi connectivity index (χ0n) is 10.5. The van der Waals surface area contributed by atoms with E-state index in [4.69, 9.17) is 5.73 Å². The summed E-state index contributed by atoms with van der Waals surface area (Å²) in [7, 11) is 0. The van der Waals surface area contributed by atoms with E-state index in [2.05, 4.69) is 0 Å². The lowest BCUT2D eigenvalue weighted by molar-refractivity contribution is 0.401. The van der Waals surface area contributed by atoms with Gasteiger partial charge in [-0.1, -0.05) is 30.9 Å². The van der Waals surface area contributed by atoms with E-state index in [1.165, 1.54) is 31.4 Å². The maximum Gasteiger partial charge on any atom is 0.126 e. The Bertz CT molecular complexity index is 414. The molecule has 0 aromatic heterocycles. The molecule has 0 spiro atoms. The van der Waals surface area contributed by atoms with Crippen LogP contribution in [0.2, 0.25) is 0 Å². The first-order chi connectivity index (χ1) is 8.69. The zero-order valence-corrected chi connectivity index (χ0v) is 10.5. The highest BCUT2D eigenvalue weighted by atomic mass is 19.1. The highest BCUT2D eigenvalue weighted by Crippen LogP contribution is 2.30. The molecule has 1 nitrogen and oxygen atoms in total. The Morgan fingerprint density at radius 3 is 2.28 bits per heavy atom. The van der Waals surface area contributed by atoms with Crippen LogP contribution >= 0.6 is 0 Å². The lowest BCUT2D eigenvalue weighted by Crippen LogP contribution is -2.16. The summed E-state index contributed by atoms with van der Waals surface area (Å²) >= 11 is 0. The molecule has 0 saturated heterocycles. The van der Waals surface area contributed by atoms with Crippen molar-refractivity contribution in [2.45, 2.75) is 32.1 Å². The van der Waals surface area contributed by atoms with Gasteiger partial charge in [-0.2, -0.15) is 0 Å². The Hall–Kier alpha value is -1.22. The third-order valence-electron chi connectivity index (χ3n) is 3.60. The minimum Gasteiger partial charge on any atom is -0.327 e. The molecule has 0 heterocycles. The Kier molecular flexibility index (Phi) is 4.48. The maximum absolute atomic E-state index is 13.1. The van der Waals surface area contributed by atoms with Crippen molar-refractivity contribution in [3.63, 3.8) is 0 Å². The van der Waals surface area contributed by atoms with E-state index in [-0.39, 0.29) is 0 Å². The highest BCUT2D eigenvalue weighted by molar-refractivity contribution is 5.54. The lowest BCUT2D eigenvalue weighted by atomic mass is 9.83. The first-order valence-electron chi connectivity index (χ1n) is 6.55. The number of nitrogens with two attached hydrogens (primary N) is 1. The fourth-order valence-electron chi connectivity index (χ4n) is 2.69. The highest BCUT2D eigenvalue weighted by Gasteiger charge is 2.16. The van der Waals surface area contributed by atoms with Crippen LogP contribution in [0.1, 0.15) is 37.7 Å². The van der Waals surface area contributed by atoms with Crippen LogP contribution < -0.4 is 5.73 Å². The van der Waals surface area contributed by atoms with E-state index < -0.39 is 11.6 Å². The van der Waals surface area contributed by atoms with Crippen molar-refractivity contribution in [1.82, 2.24) is 0 Å². The van der Waals surface area contributed by atoms with Crippen LogP contribution in [0.5, 0.6) is 0 Å². The van der Waals surface area contributed by atoms with Gasteiger partial charge in [0.1, 0.15) is 11.6 Å². The summed E-state index contributed by atoms with van der Waals surface area (Å²) in [4.78, 5) is 0. The summed E-state index contributed by atoms with van der Waals surface area (Å²) in [6.45, 7) is 0.461. The molecule has 1 aliphatic rings. The Labute approximate surface area is 107 Å². The zero-order chi connectivity index (χ0) is 13.0. The van der Waals surface area contributed by atoms with E-state index in [0.29, 0.717) is 18.0 Å². The Balaban J connectivity index is 2.22. The minimum atomic E-state index is -0.540. The van der Waals surface area contributed by atoms with E-state index in [1.807, 2.05) is 6.08 Å². The van der Waals surface area contributed by atoms with Gasteiger partial charge in [0.2, 0.25) is 0 Å². The molecule has 0 unspecified atom stereocenters. The number of benzene rings is 1. The molecule has 2 N–H and O–H groups in total. The molecular formula is C15H19F2N. The topological polar surface area (TPSA) is 26.0 Å². The monoisotopic (exact) mass is 251 g/mol. The summed E-state index contributed by atoms with van der Waals surface area (Å²) in [6.07, 6.45) is 7.85. The quantitative estimate of drug-likeness (QED) is 0.866. The molecule has 0 radical (unpaired) electrons. The third kappa shape index (κ3) is 3.39. The Morgan fingerprint density at radius 2 is 1.72 bits per heavy atom. The van der Waals surface area contributed by atoms with Crippen molar-refractivity contribution in [2.24, 2.45) is 11.7 Å². The van der Waals surface area contributed by atoms with Crippen LogP contribution in [0.4, 0.5) is 8.78 Å². The average Bonchev–Trinajstić information content (AvgIpc) is 2.36. The second kappa shape index (κ2) is 6.10. The van der Waals surface area contributed by atoms with Crippen molar-refractivity contribution < 1.29 is 8.78 Å². The number of hydrogen-bond acceptors (Lipinski definition) is 1. The van der Waals surface area contributed by atoms with Gasteiger partial charge in [-0.25, -0.2) is 8.78 Å². The van der Waals surface area contributed by atoms with E-state index >= 15 is 0 Å². The first-order valence-corrected chi connectivity index (χ1v) is 6.55. The van der Waals surface area contributed by atoms with E-state index in [0.717, 1.165) is 24.5 Å². The molecule has 0 aliphatic heterocycles. The van der Waals surface area contributed by atoms with Crippen LogP contribution in [0.25, 0.3) is 6.08 Å². The van der Waals surface area contributed by atoms with Gasteiger partial charge in [-0.05, 0) is 36.5 Å². The maximum atomic E-state index is 13.1. The molecule has 0 amide bonds. The smallest absolute Gasteiger partial charge is 0.126 e. The van der Waals surface area contributed by atoms with Crippen LogP contribution in [0.15, 0.2) is 23.8 Å². The fraction of sp³-hybridized carbons (Fsp3) is 0.467. The van der Waals surface area contributed by atoms with E-state index in [9.17, 15) is 8.78 Å². The fourth-order valence-corrected chi connectivity index (χ4v) is 2.69. The lowest BCUT2D eigenvalue weighted by Gasteiger charge is -2.23. The predicted molar refractivity (Wildman–Crippen MR) is 70.0 cm³/mol. The van der Waals surface area contributed by atoms with Crippen molar-refractivity contribution >= 4 is 6.08 Å². The average molecular weight is 251 g/mol. The Morgan fingerprint density at radius 1 is 1.11 bits per heavy atom. The van der Waals surface area contributed by atoms with Crippen LogP contribution in [-0.4, -0.2) is 6.54 Å². The molecule has 1 aromatic carbocycles. The SMILES string of the molecule is NC/C(=C/c1cc(F)cc(F)c1)C1CCCCC1. The van der Waals surface area contributed by atoms with Crippen LogP contribution in [0.3, 0.4) is 0 Å². The summed E-state index contributed by atoms with van der Waals surface area (Å²) in [5.74, 6) is -0.599.